The van der Waals surface area contributed by atoms with Crippen molar-refractivity contribution in [3.63, 3.8) is 0 Å². The molecule has 22 heavy (non-hydrogen) atoms. The molecule has 1 aliphatic heterocycles. The van der Waals surface area contributed by atoms with Crippen molar-refractivity contribution < 1.29 is 9.84 Å². The molecule has 1 saturated heterocycles. The maximum absolute atomic E-state index is 10.2. The molecule has 7 heteroatoms. The van der Waals surface area contributed by atoms with Crippen molar-refractivity contribution in [2.75, 3.05) is 19.6 Å². The van der Waals surface area contributed by atoms with Gasteiger partial charge < -0.3 is 9.84 Å². The first-order valence-corrected chi connectivity index (χ1v) is 7.71. The van der Waals surface area contributed by atoms with Gasteiger partial charge in [0.15, 0.2) is 5.75 Å². The summed E-state index contributed by atoms with van der Waals surface area (Å²) in [5, 5.41) is 18.5. The average Bonchev–Trinajstić information content (AvgIpc) is 3.19. The van der Waals surface area contributed by atoms with Gasteiger partial charge in [-0.05, 0) is 18.9 Å². The van der Waals surface area contributed by atoms with Crippen LogP contribution in [0.4, 0.5) is 0 Å². The number of hydrogen-bond acceptors (Lipinski definition) is 5. The fourth-order valence-electron chi connectivity index (χ4n) is 2.76. The standard InChI is InChI=1S/C15H23N5O2/c1-3-20-8-12(6-17-20)4-5-19-10-14(21)15(11-19)22-13-7-16-18(2)9-13/h6-9,14-15,21H,3-5,10-11H2,1-2H3/t14-,15-/m1/s1. The molecule has 1 aliphatic rings. The van der Waals surface area contributed by atoms with E-state index in [9.17, 15) is 5.11 Å². The van der Waals surface area contributed by atoms with Gasteiger partial charge in [0, 0.05) is 39.4 Å². The number of nitrogens with zero attached hydrogens (tertiary/aromatic N) is 5. The second-order valence-corrected chi connectivity index (χ2v) is 5.79. The summed E-state index contributed by atoms with van der Waals surface area (Å²) < 4.78 is 9.45. The van der Waals surface area contributed by atoms with E-state index in [1.807, 2.05) is 24.1 Å². The van der Waals surface area contributed by atoms with Crippen molar-refractivity contribution >= 4 is 0 Å². The van der Waals surface area contributed by atoms with E-state index in [4.69, 9.17) is 4.74 Å². The topological polar surface area (TPSA) is 68.3 Å². The number of aliphatic hydroxyl groups is 1. The highest BCUT2D eigenvalue weighted by Gasteiger charge is 2.32. The Morgan fingerprint density at radius 1 is 1.27 bits per heavy atom. The van der Waals surface area contributed by atoms with E-state index in [-0.39, 0.29) is 6.10 Å². The highest BCUT2D eigenvalue weighted by molar-refractivity contribution is 5.13. The second-order valence-electron chi connectivity index (χ2n) is 5.79. The summed E-state index contributed by atoms with van der Waals surface area (Å²) in [5.41, 5.74) is 1.23. The number of rotatable bonds is 6. The van der Waals surface area contributed by atoms with Gasteiger partial charge in [-0.25, -0.2) is 0 Å². The van der Waals surface area contributed by atoms with E-state index in [2.05, 4.69) is 28.2 Å². The van der Waals surface area contributed by atoms with E-state index in [1.165, 1.54) is 5.56 Å². The predicted molar refractivity (Wildman–Crippen MR) is 81.7 cm³/mol. The number of β-amino-alcohol motifs (C(OH)–C–C–N with tert-alkyl or cyclic N) is 1. The van der Waals surface area contributed by atoms with Crippen LogP contribution in [-0.4, -0.2) is 61.4 Å². The molecule has 0 saturated carbocycles. The third-order valence-electron chi connectivity index (χ3n) is 4.01. The minimum atomic E-state index is -0.460. The molecule has 120 valence electrons. The molecule has 0 amide bonds. The summed E-state index contributed by atoms with van der Waals surface area (Å²) in [5.74, 6) is 0.706. The van der Waals surface area contributed by atoms with Gasteiger partial charge in [0.2, 0.25) is 0 Å². The SMILES string of the molecule is CCn1cc(CCN2C[C@@H](O)[C@H](Oc3cnn(C)c3)C2)cn1. The van der Waals surface area contributed by atoms with Crippen LogP contribution >= 0.6 is 0 Å². The number of likely N-dealkylation sites (tertiary alicyclic amines) is 1. The second kappa shape index (κ2) is 6.50. The lowest BCUT2D eigenvalue weighted by Gasteiger charge is -2.15. The highest BCUT2D eigenvalue weighted by Crippen LogP contribution is 2.18. The number of aromatic nitrogens is 4. The van der Waals surface area contributed by atoms with Crippen LogP contribution in [0.2, 0.25) is 0 Å². The average molecular weight is 305 g/mol. The lowest BCUT2D eigenvalue weighted by molar-refractivity contribution is 0.0736. The highest BCUT2D eigenvalue weighted by atomic mass is 16.5. The zero-order valence-corrected chi connectivity index (χ0v) is 13.1. The first kappa shape index (κ1) is 15.1. The van der Waals surface area contributed by atoms with Crippen molar-refractivity contribution in [2.45, 2.75) is 32.1 Å². The van der Waals surface area contributed by atoms with E-state index in [1.54, 1.807) is 10.9 Å². The van der Waals surface area contributed by atoms with Crippen molar-refractivity contribution in [1.82, 2.24) is 24.5 Å². The molecule has 0 aromatic carbocycles. The van der Waals surface area contributed by atoms with Gasteiger partial charge in [-0.1, -0.05) is 0 Å². The summed E-state index contributed by atoms with van der Waals surface area (Å²) in [6.45, 7) is 5.25. The summed E-state index contributed by atoms with van der Waals surface area (Å²) in [4.78, 5) is 2.23. The maximum Gasteiger partial charge on any atom is 0.157 e. The van der Waals surface area contributed by atoms with E-state index < -0.39 is 6.10 Å². The van der Waals surface area contributed by atoms with Crippen LogP contribution < -0.4 is 4.74 Å². The molecular weight excluding hydrogens is 282 g/mol. The van der Waals surface area contributed by atoms with Gasteiger partial charge in [-0.2, -0.15) is 10.2 Å². The number of ether oxygens (including phenoxy) is 1. The normalized spacial score (nSPS) is 22.3. The van der Waals surface area contributed by atoms with E-state index in [0.717, 1.165) is 26.1 Å². The minimum Gasteiger partial charge on any atom is -0.483 e. The quantitative estimate of drug-likeness (QED) is 0.831. The molecule has 1 fully saturated rings. The Bertz CT molecular complexity index is 609. The Kier molecular flexibility index (Phi) is 4.44. The van der Waals surface area contributed by atoms with Crippen LogP contribution in [0.1, 0.15) is 12.5 Å². The molecule has 2 aromatic rings. The predicted octanol–water partition coefficient (Wildman–Crippen LogP) is 0.303. The van der Waals surface area contributed by atoms with Crippen molar-refractivity contribution in [2.24, 2.45) is 7.05 Å². The maximum atomic E-state index is 10.2. The van der Waals surface area contributed by atoms with Crippen LogP contribution in [0.5, 0.6) is 5.75 Å². The van der Waals surface area contributed by atoms with Crippen LogP contribution in [-0.2, 0) is 20.0 Å². The molecule has 3 rings (SSSR count). The number of aliphatic hydroxyl groups excluding tert-OH is 1. The Labute approximate surface area is 130 Å². The smallest absolute Gasteiger partial charge is 0.157 e. The summed E-state index contributed by atoms with van der Waals surface area (Å²) >= 11 is 0. The largest absolute Gasteiger partial charge is 0.483 e. The monoisotopic (exact) mass is 305 g/mol. The van der Waals surface area contributed by atoms with Crippen LogP contribution in [0.25, 0.3) is 0 Å². The lowest BCUT2D eigenvalue weighted by atomic mass is 10.2. The molecule has 0 aliphatic carbocycles. The molecule has 2 aromatic heterocycles. The molecule has 7 nitrogen and oxygen atoms in total. The third-order valence-corrected chi connectivity index (χ3v) is 4.01. The number of aryl methyl sites for hydroxylation is 2. The van der Waals surface area contributed by atoms with Gasteiger partial charge in [-0.15, -0.1) is 0 Å². The molecule has 0 bridgehead atoms. The first-order valence-electron chi connectivity index (χ1n) is 7.71. The van der Waals surface area contributed by atoms with Gasteiger partial charge >= 0.3 is 0 Å². The Hall–Kier alpha value is -1.86. The van der Waals surface area contributed by atoms with Gasteiger partial charge in [0.25, 0.3) is 0 Å². The lowest BCUT2D eigenvalue weighted by Crippen LogP contribution is -2.30. The van der Waals surface area contributed by atoms with Crippen LogP contribution in [0.15, 0.2) is 24.8 Å². The van der Waals surface area contributed by atoms with E-state index in [0.29, 0.717) is 12.3 Å². The molecule has 0 radical (unpaired) electrons. The van der Waals surface area contributed by atoms with E-state index >= 15 is 0 Å². The van der Waals surface area contributed by atoms with Crippen molar-refractivity contribution in [1.29, 1.82) is 0 Å². The third kappa shape index (κ3) is 3.48. The summed E-state index contributed by atoms with van der Waals surface area (Å²) in [7, 11) is 1.85. The Balaban J connectivity index is 1.49. The fourth-order valence-corrected chi connectivity index (χ4v) is 2.76. The molecule has 3 heterocycles. The molecule has 1 N–H and O–H groups in total. The Morgan fingerprint density at radius 3 is 2.82 bits per heavy atom. The van der Waals surface area contributed by atoms with Gasteiger partial charge in [-0.3, -0.25) is 14.3 Å². The summed E-state index contributed by atoms with van der Waals surface area (Å²) in [6, 6.07) is 0. The van der Waals surface area contributed by atoms with Gasteiger partial charge in [0.05, 0.1) is 18.6 Å². The zero-order valence-electron chi connectivity index (χ0n) is 13.1. The van der Waals surface area contributed by atoms with Crippen molar-refractivity contribution in [3.05, 3.63) is 30.4 Å². The van der Waals surface area contributed by atoms with Crippen molar-refractivity contribution in [3.8, 4) is 5.75 Å². The number of hydrogen-bond donors (Lipinski definition) is 1. The molecule has 0 unspecified atom stereocenters. The first-order chi connectivity index (χ1) is 10.6. The molecule has 0 spiro atoms. The molecule has 2 atom stereocenters. The summed E-state index contributed by atoms with van der Waals surface area (Å²) in [6.07, 6.45) is 7.77. The van der Waals surface area contributed by atoms with Crippen LogP contribution in [0, 0.1) is 0 Å². The minimum absolute atomic E-state index is 0.192. The Morgan fingerprint density at radius 2 is 2.14 bits per heavy atom. The molecular formula is C15H23N5O2. The zero-order chi connectivity index (χ0) is 15.5. The van der Waals surface area contributed by atoms with Gasteiger partial charge in [0.1, 0.15) is 12.2 Å². The fraction of sp³-hybridized carbons (Fsp3) is 0.600. The van der Waals surface area contributed by atoms with Crippen LogP contribution in [0.3, 0.4) is 0 Å².